The molecule has 0 saturated carbocycles. The largest absolute Gasteiger partial charge is 0.322 e. The number of piperazine rings is 1. The van der Waals surface area contributed by atoms with E-state index in [9.17, 15) is 4.79 Å². The predicted octanol–water partition coefficient (Wildman–Crippen LogP) is 2.88. The lowest BCUT2D eigenvalue weighted by atomic mass is 10.1. The molecule has 0 spiro atoms. The molecule has 2 aliphatic rings. The van der Waals surface area contributed by atoms with Crippen LogP contribution in [0.5, 0.6) is 0 Å². The molecule has 2 heterocycles. The summed E-state index contributed by atoms with van der Waals surface area (Å²) in [5, 5.41) is 11.0. The normalized spacial score (nSPS) is 18.0. The van der Waals surface area contributed by atoms with Crippen LogP contribution in [0.2, 0.25) is 0 Å². The van der Waals surface area contributed by atoms with E-state index < -0.39 is 0 Å². The average Bonchev–Trinajstić information content (AvgIpc) is 3.35. The molecule has 2 N–H and O–H groups in total. The van der Waals surface area contributed by atoms with Crippen molar-refractivity contribution >= 4 is 22.6 Å². The lowest BCUT2D eigenvalue weighted by Gasteiger charge is -2.38. The highest BCUT2D eigenvalue weighted by Crippen LogP contribution is 2.26. The van der Waals surface area contributed by atoms with Crippen LogP contribution < -0.4 is 5.32 Å². The van der Waals surface area contributed by atoms with Crippen molar-refractivity contribution in [2.24, 2.45) is 0 Å². The molecular weight excluding hydrogens is 338 g/mol. The highest BCUT2D eigenvalue weighted by atomic mass is 16.2. The molecule has 3 aromatic rings. The second-order valence-corrected chi connectivity index (χ2v) is 7.42. The molecule has 1 aliphatic heterocycles. The SMILES string of the molecule is O=C(Nc1cccc2cn[nH]c12)N1CCN(C2Cc3ccccc3C2)CC1. The van der Waals surface area contributed by atoms with Gasteiger partial charge in [0.2, 0.25) is 0 Å². The van der Waals surface area contributed by atoms with Gasteiger partial charge < -0.3 is 10.2 Å². The topological polar surface area (TPSA) is 64.3 Å². The number of urea groups is 1. The fourth-order valence-corrected chi connectivity index (χ4v) is 4.35. The Hall–Kier alpha value is -2.86. The van der Waals surface area contributed by atoms with Crippen LogP contribution in [0.1, 0.15) is 11.1 Å². The monoisotopic (exact) mass is 361 g/mol. The molecule has 138 valence electrons. The summed E-state index contributed by atoms with van der Waals surface area (Å²) in [6, 6.07) is 15.1. The van der Waals surface area contributed by atoms with Crippen molar-refractivity contribution in [3.63, 3.8) is 0 Å². The number of nitrogens with one attached hydrogen (secondary N) is 2. The maximum absolute atomic E-state index is 12.7. The minimum atomic E-state index is -0.0357. The molecule has 1 aliphatic carbocycles. The summed E-state index contributed by atoms with van der Waals surface area (Å²) < 4.78 is 0. The molecule has 5 rings (SSSR count). The molecule has 2 aromatic carbocycles. The van der Waals surface area contributed by atoms with E-state index >= 15 is 0 Å². The van der Waals surface area contributed by atoms with Gasteiger partial charge in [-0.15, -0.1) is 0 Å². The number of hydrogen-bond acceptors (Lipinski definition) is 3. The Labute approximate surface area is 158 Å². The Morgan fingerprint density at radius 1 is 1.00 bits per heavy atom. The first-order valence-electron chi connectivity index (χ1n) is 9.57. The van der Waals surface area contributed by atoms with E-state index in [1.807, 2.05) is 23.1 Å². The van der Waals surface area contributed by atoms with Gasteiger partial charge in [0, 0.05) is 37.6 Å². The number of fused-ring (bicyclic) bond motifs is 2. The summed E-state index contributed by atoms with van der Waals surface area (Å²) in [5.74, 6) is 0. The zero-order valence-electron chi connectivity index (χ0n) is 15.2. The lowest BCUT2D eigenvalue weighted by Crippen LogP contribution is -2.53. The minimum absolute atomic E-state index is 0.0357. The van der Waals surface area contributed by atoms with Crippen molar-refractivity contribution in [2.75, 3.05) is 31.5 Å². The van der Waals surface area contributed by atoms with Crippen LogP contribution in [0.4, 0.5) is 10.5 Å². The summed E-state index contributed by atoms with van der Waals surface area (Å²) in [6.07, 6.45) is 4.03. The number of carbonyl (C=O) groups is 1. The number of aromatic nitrogens is 2. The Kier molecular flexibility index (Phi) is 4.05. The van der Waals surface area contributed by atoms with E-state index in [4.69, 9.17) is 0 Å². The Morgan fingerprint density at radius 2 is 1.74 bits per heavy atom. The quantitative estimate of drug-likeness (QED) is 0.738. The maximum Gasteiger partial charge on any atom is 0.321 e. The van der Waals surface area contributed by atoms with Crippen molar-refractivity contribution in [2.45, 2.75) is 18.9 Å². The summed E-state index contributed by atoms with van der Waals surface area (Å²) in [7, 11) is 0. The molecule has 6 nitrogen and oxygen atoms in total. The van der Waals surface area contributed by atoms with Crippen LogP contribution in [0.3, 0.4) is 0 Å². The van der Waals surface area contributed by atoms with E-state index in [2.05, 4.69) is 44.7 Å². The van der Waals surface area contributed by atoms with Crippen LogP contribution in [-0.4, -0.2) is 58.2 Å². The number of benzene rings is 2. The van der Waals surface area contributed by atoms with Gasteiger partial charge in [0.25, 0.3) is 0 Å². The summed E-state index contributed by atoms with van der Waals surface area (Å²) >= 11 is 0. The number of H-pyrrole nitrogens is 1. The molecule has 1 saturated heterocycles. The third-order valence-electron chi connectivity index (χ3n) is 5.87. The minimum Gasteiger partial charge on any atom is -0.322 e. The molecule has 0 atom stereocenters. The number of anilines is 1. The van der Waals surface area contributed by atoms with Crippen LogP contribution >= 0.6 is 0 Å². The van der Waals surface area contributed by atoms with Crippen molar-refractivity contribution in [3.8, 4) is 0 Å². The van der Waals surface area contributed by atoms with E-state index in [1.54, 1.807) is 6.20 Å². The van der Waals surface area contributed by atoms with Crippen molar-refractivity contribution < 1.29 is 4.79 Å². The van der Waals surface area contributed by atoms with E-state index in [0.717, 1.165) is 55.6 Å². The van der Waals surface area contributed by atoms with Crippen molar-refractivity contribution in [3.05, 3.63) is 59.8 Å². The zero-order chi connectivity index (χ0) is 18.2. The van der Waals surface area contributed by atoms with Gasteiger partial charge in [0.1, 0.15) is 0 Å². The first-order valence-corrected chi connectivity index (χ1v) is 9.57. The Morgan fingerprint density at radius 3 is 2.48 bits per heavy atom. The summed E-state index contributed by atoms with van der Waals surface area (Å²) in [4.78, 5) is 17.2. The van der Waals surface area contributed by atoms with Gasteiger partial charge in [0.15, 0.2) is 0 Å². The average molecular weight is 361 g/mol. The number of carbonyl (C=O) groups excluding carboxylic acids is 1. The van der Waals surface area contributed by atoms with Crippen molar-refractivity contribution in [1.29, 1.82) is 0 Å². The van der Waals surface area contributed by atoms with Gasteiger partial charge in [0.05, 0.1) is 17.4 Å². The Balaban J connectivity index is 1.20. The van der Waals surface area contributed by atoms with Gasteiger partial charge in [-0.05, 0) is 30.0 Å². The maximum atomic E-state index is 12.7. The Bertz CT molecular complexity index is 948. The van der Waals surface area contributed by atoms with Crippen LogP contribution in [0.15, 0.2) is 48.7 Å². The molecule has 1 fully saturated rings. The number of amides is 2. The number of rotatable bonds is 2. The van der Waals surface area contributed by atoms with Gasteiger partial charge in [-0.2, -0.15) is 5.10 Å². The second kappa shape index (κ2) is 6.70. The molecule has 6 heteroatoms. The highest BCUT2D eigenvalue weighted by molar-refractivity contribution is 5.99. The fourth-order valence-electron chi connectivity index (χ4n) is 4.35. The third-order valence-corrected chi connectivity index (χ3v) is 5.87. The van der Waals surface area contributed by atoms with E-state index in [0.29, 0.717) is 6.04 Å². The fraction of sp³-hybridized carbons (Fsp3) is 0.333. The third kappa shape index (κ3) is 3.06. The van der Waals surface area contributed by atoms with Gasteiger partial charge in [-0.25, -0.2) is 4.79 Å². The molecular formula is C21H23N5O. The van der Waals surface area contributed by atoms with Gasteiger partial charge in [-0.3, -0.25) is 10.00 Å². The van der Waals surface area contributed by atoms with E-state index in [1.165, 1.54) is 11.1 Å². The van der Waals surface area contributed by atoms with Crippen LogP contribution in [-0.2, 0) is 12.8 Å². The summed E-state index contributed by atoms with van der Waals surface area (Å²) in [6.45, 7) is 3.38. The van der Waals surface area contributed by atoms with Crippen molar-refractivity contribution in [1.82, 2.24) is 20.0 Å². The van der Waals surface area contributed by atoms with Gasteiger partial charge in [-0.1, -0.05) is 36.4 Å². The highest BCUT2D eigenvalue weighted by Gasteiger charge is 2.30. The van der Waals surface area contributed by atoms with Crippen LogP contribution in [0, 0.1) is 0 Å². The molecule has 1 aromatic heterocycles. The lowest BCUT2D eigenvalue weighted by molar-refractivity contribution is 0.116. The van der Waals surface area contributed by atoms with E-state index in [-0.39, 0.29) is 6.03 Å². The first-order chi connectivity index (χ1) is 13.3. The second-order valence-electron chi connectivity index (χ2n) is 7.42. The smallest absolute Gasteiger partial charge is 0.321 e. The number of nitrogens with zero attached hydrogens (tertiary/aromatic N) is 3. The number of hydrogen-bond donors (Lipinski definition) is 2. The molecule has 27 heavy (non-hydrogen) atoms. The van der Waals surface area contributed by atoms with Crippen LogP contribution in [0.25, 0.3) is 10.9 Å². The molecule has 0 unspecified atom stereocenters. The molecule has 0 bridgehead atoms. The number of aromatic amines is 1. The summed E-state index contributed by atoms with van der Waals surface area (Å²) in [5.41, 5.74) is 4.61. The molecule has 2 amide bonds. The molecule has 0 radical (unpaired) electrons. The zero-order valence-corrected chi connectivity index (χ0v) is 15.2. The first kappa shape index (κ1) is 16.3. The standard InChI is InChI=1S/C21H23N5O/c27-21(23-19-7-3-6-17-14-22-24-20(17)19)26-10-8-25(9-11-26)18-12-15-4-1-2-5-16(15)13-18/h1-7,14,18H,8-13H2,(H,22,24)(H,23,27). The number of para-hydroxylation sites is 1. The van der Waals surface area contributed by atoms with Gasteiger partial charge >= 0.3 is 6.03 Å². The predicted molar refractivity (Wildman–Crippen MR) is 106 cm³/mol.